The van der Waals surface area contributed by atoms with Gasteiger partial charge in [-0.05, 0) is 12.1 Å². The highest BCUT2D eigenvalue weighted by Gasteiger charge is 2.34. The van der Waals surface area contributed by atoms with Crippen molar-refractivity contribution in [1.82, 2.24) is 0 Å². The van der Waals surface area contributed by atoms with E-state index in [1.807, 2.05) is 0 Å². The summed E-state index contributed by atoms with van der Waals surface area (Å²) in [7, 11) is 0. The lowest BCUT2D eigenvalue weighted by Crippen LogP contribution is -2.44. The van der Waals surface area contributed by atoms with E-state index in [2.05, 4.69) is 0 Å². The number of primary amides is 3. The Labute approximate surface area is 142 Å². The van der Waals surface area contributed by atoms with E-state index in [4.69, 9.17) is 28.7 Å². The Kier molecular flexibility index (Phi) is 6.53. The Hall–Kier alpha value is -3.05. The Morgan fingerprint density at radius 3 is 1.84 bits per heavy atom. The van der Waals surface area contributed by atoms with Gasteiger partial charge in [-0.15, -0.1) is 0 Å². The third-order valence-corrected chi connectivity index (χ3v) is 3.66. The topological polar surface area (TPSA) is 224 Å². The summed E-state index contributed by atoms with van der Waals surface area (Å²) in [4.78, 5) is 44.4. The molecule has 10 N–H and O–H groups in total. The van der Waals surface area contributed by atoms with Crippen LogP contribution in [0.15, 0.2) is 18.2 Å². The molecule has 0 heterocycles. The molecular formula is C14H20N6O5. The van der Waals surface area contributed by atoms with Crippen LogP contribution < -0.4 is 28.7 Å². The van der Waals surface area contributed by atoms with Gasteiger partial charge in [-0.2, -0.15) is 0 Å². The number of nitrogens with two attached hydrogens (primary N) is 5. The molecule has 1 aromatic rings. The van der Waals surface area contributed by atoms with Crippen molar-refractivity contribution in [3.8, 4) is 0 Å². The minimum absolute atomic E-state index is 0.0110. The molecule has 3 amide bonds. The van der Waals surface area contributed by atoms with Crippen molar-refractivity contribution in [2.24, 2.45) is 28.7 Å². The Morgan fingerprint density at radius 1 is 1.00 bits per heavy atom. The van der Waals surface area contributed by atoms with Gasteiger partial charge >= 0.3 is 0 Å². The fourth-order valence-corrected chi connectivity index (χ4v) is 2.64. The van der Waals surface area contributed by atoms with E-state index in [9.17, 15) is 24.5 Å². The first-order valence-electron chi connectivity index (χ1n) is 7.20. The van der Waals surface area contributed by atoms with E-state index in [0.717, 1.165) is 6.07 Å². The minimum Gasteiger partial charge on any atom is -0.370 e. The lowest BCUT2D eigenvalue weighted by Gasteiger charge is -2.28. The van der Waals surface area contributed by atoms with Gasteiger partial charge in [0.05, 0.1) is 4.92 Å². The molecule has 2 unspecified atom stereocenters. The first kappa shape index (κ1) is 20.0. The molecule has 11 heteroatoms. The molecular weight excluding hydrogens is 332 g/mol. The normalized spacial score (nSPS) is 14.3. The number of carbonyl (C=O) groups excluding carboxylic acids is 3. The maximum absolute atomic E-state index is 11.4. The van der Waals surface area contributed by atoms with Crippen LogP contribution in [-0.2, 0) is 9.59 Å². The zero-order chi connectivity index (χ0) is 19.3. The Balaban J connectivity index is 3.52. The van der Waals surface area contributed by atoms with Crippen LogP contribution >= 0.6 is 0 Å². The molecule has 0 aromatic heterocycles. The average molecular weight is 352 g/mol. The molecule has 25 heavy (non-hydrogen) atoms. The largest absolute Gasteiger partial charge is 0.370 e. The first-order valence-corrected chi connectivity index (χ1v) is 7.20. The predicted molar refractivity (Wildman–Crippen MR) is 87.9 cm³/mol. The van der Waals surface area contributed by atoms with Crippen molar-refractivity contribution in [2.45, 2.75) is 30.8 Å². The van der Waals surface area contributed by atoms with Crippen LogP contribution in [0, 0.1) is 10.1 Å². The Morgan fingerprint density at radius 2 is 1.48 bits per heavy atom. The van der Waals surface area contributed by atoms with E-state index in [0.29, 0.717) is 0 Å². The monoisotopic (exact) mass is 352 g/mol. The van der Waals surface area contributed by atoms with Crippen LogP contribution in [0.25, 0.3) is 0 Å². The number of carbonyl (C=O) groups is 3. The zero-order valence-electron chi connectivity index (χ0n) is 13.3. The fourth-order valence-electron chi connectivity index (χ4n) is 2.64. The number of nitrogens with zero attached hydrogens (tertiary/aromatic N) is 1. The molecule has 0 saturated heterocycles. The number of hydrogen-bond donors (Lipinski definition) is 5. The van der Waals surface area contributed by atoms with Gasteiger partial charge in [0.2, 0.25) is 17.7 Å². The second-order valence-electron chi connectivity index (χ2n) is 5.59. The van der Waals surface area contributed by atoms with Gasteiger partial charge in [0.1, 0.15) is 0 Å². The molecule has 0 fully saturated rings. The van der Waals surface area contributed by atoms with Gasteiger partial charge in [0.25, 0.3) is 5.69 Å². The average Bonchev–Trinajstić information content (AvgIpc) is 2.45. The molecule has 0 saturated carbocycles. The second kappa shape index (κ2) is 8.17. The Bertz CT molecular complexity index is 685. The van der Waals surface area contributed by atoms with Crippen LogP contribution in [0.3, 0.4) is 0 Å². The molecule has 0 radical (unpaired) electrons. The van der Waals surface area contributed by atoms with Gasteiger partial charge in [-0.3, -0.25) is 24.5 Å². The zero-order valence-corrected chi connectivity index (χ0v) is 13.3. The molecule has 1 rings (SSSR count). The van der Waals surface area contributed by atoms with Crippen LogP contribution in [0.4, 0.5) is 5.69 Å². The van der Waals surface area contributed by atoms with E-state index in [1.165, 1.54) is 12.1 Å². The van der Waals surface area contributed by atoms with Gasteiger partial charge in [0.15, 0.2) is 0 Å². The highest BCUT2D eigenvalue weighted by molar-refractivity contribution is 5.93. The molecule has 11 nitrogen and oxygen atoms in total. The van der Waals surface area contributed by atoms with Crippen LogP contribution in [-0.4, -0.2) is 34.7 Å². The number of amides is 3. The van der Waals surface area contributed by atoms with Crippen molar-refractivity contribution in [3.63, 3.8) is 0 Å². The quantitative estimate of drug-likeness (QED) is 0.252. The summed E-state index contributed by atoms with van der Waals surface area (Å²) in [5.41, 5.74) is 26.9. The summed E-state index contributed by atoms with van der Waals surface area (Å²) < 4.78 is 0. The lowest BCUT2D eigenvalue weighted by molar-refractivity contribution is -0.385. The summed E-state index contributed by atoms with van der Waals surface area (Å²) in [6.45, 7) is 0. The molecule has 2 atom stereocenters. The third-order valence-electron chi connectivity index (χ3n) is 3.66. The first-order chi connectivity index (χ1) is 11.5. The molecule has 0 aliphatic carbocycles. The highest BCUT2D eigenvalue weighted by atomic mass is 16.6. The smallest absolute Gasteiger partial charge is 0.273 e. The van der Waals surface area contributed by atoms with E-state index in [-0.39, 0.29) is 29.7 Å². The van der Waals surface area contributed by atoms with Gasteiger partial charge in [0, 0.05) is 48.0 Å². The summed E-state index contributed by atoms with van der Waals surface area (Å²) >= 11 is 0. The van der Waals surface area contributed by atoms with Crippen LogP contribution in [0.5, 0.6) is 0 Å². The maximum Gasteiger partial charge on any atom is 0.273 e. The number of nitro benzene ring substituents is 1. The summed E-state index contributed by atoms with van der Waals surface area (Å²) in [6.07, 6.45) is -0.676. The van der Waals surface area contributed by atoms with E-state index in [1.54, 1.807) is 0 Å². The van der Waals surface area contributed by atoms with E-state index >= 15 is 0 Å². The third kappa shape index (κ3) is 5.22. The van der Waals surface area contributed by atoms with Crippen molar-refractivity contribution in [3.05, 3.63) is 39.4 Å². The molecule has 1 aromatic carbocycles. The minimum atomic E-state index is -1.03. The van der Waals surface area contributed by atoms with Crippen molar-refractivity contribution >= 4 is 23.4 Å². The molecule has 0 aliphatic rings. The number of hydrogen-bond acceptors (Lipinski definition) is 7. The predicted octanol–water partition coefficient (Wildman–Crippen LogP) is -1.82. The van der Waals surface area contributed by atoms with Crippen LogP contribution in [0.1, 0.15) is 34.7 Å². The molecule has 0 spiro atoms. The lowest BCUT2D eigenvalue weighted by atomic mass is 9.81. The standard InChI is InChI=1S/C14H20N6O5/c15-8(4-11(17)21)13(9(16)5-12(18)22)7-3-6(14(19)23)1-2-10(7)20(24)25/h1-3,8-9,13H,4-5,15-16H2,(H2,17,21)(H2,18,22)(H2,19,23). The van der Waals surface area contributed by atoms with E-state index < -0.39 is 40.6 Å². The maximum atomic E-state index is 11.4. The number of nitro groups is 1. The SMILES string of the molecule is NC(=O)CC(N)C(c1cc(C(N)=O)ccc1[N+](=O)[O-])C(N)CC(N)=O. The fraction of sp³-hybridized carbons (Fsp3) is 0.357. The highest BCUT2D eigenvalue weighted by Crippen LogP contribution is 2.33. The van der Waals surface area contributed by atoms with Gasteiger partial charge in [-0.1, -0.05) is 0 Å². The molecule has 0 aliphatic heterocycles. The van der Waals surface area contributed by atoms with Gasteiger partial charge < -0.3 is 28.7 Å². The second-order valence-corrected chi connectivity index (χ2v) is 5.59. The van der Waals surface area contributed by atoms with Crippen molar-refractivity contribution < 1.29 is 19.3 Å². The van der Waals surface area contributed by atoms with Gasteiger partial charge in [-0.25, -0.2) is 0 Å². The number of benzene rings is 1. The van der Waals surface area contributed by atoms with Crippen LogP contribution in [0.2, 0.25) is 0 Å². The summed E-state index contributed by atoms with van der Waals surface area (Å²) in [5, 5.41) is 11.3. The van der Waals surface area contributed by atoms with Crippen molar-refractivity contribution in [2.75, 3.05) is 0 Å². The van der Waals surface area contributed by atoms with Crippen molar-refractivity contribution in [1.29, 1.82) is 0 Å². The molecule has 0 bridgehead atoms. The number of rotatable bonds is 9. The summed E-state index contributed by atoms with van der Waals surface area (Å²) in [5.74, 6) is -3.35. The molecule has 136 valence electrons. The summed E-state index contributed by atoms with van der Waals surface area (Å²) in [6, 6.07) is 1.37.